The average Bonchev–Trinajstić information content (AvgIpc) is 2.10. The van der Waals surface area contributed by atoms with Crippen molar-refractivity contribution in [3.8, 4) is 0 Å². The Morgan fingerprint density at radius 3 is 2.85 bits per heavy atom. The minimum absolute atomic E-state index is 0.432. The van der Waals surface area contributed by atoms with Gasteiger partial charge in [-0.25, -0.2) is 0 Å². The standard InChI is InChI=1S/C8H19N3O2/c1-2-13-5-3-4-11-6-7(9)8(10)12/h7,11H,2-6,9H2,1H3,(H2,10,12). The van der Waals surface area contributed by atoms with Crippen LogP contribution < -0.4 is 16.8 Å². The van der Waals surface area contributed by atoms with E-state index in [0.717, 1.165) is 26.2 Å². The molecule has 0 aliphatic carbocycles. The number of carbonyl (C=O) groups excluding carboxylic acids is 1. The predicted octanol–water partition coefficient (Wildman–Crippen LogP) is -1.18. The molecule has 78 valence electrons. The molecule has 0 bridgehead atoms. The molecule has 0 saturated carbocycles. The first-order valence-electron chi connectivity index (χ1n) is 4.51. The summed E-state index contributed by atoms with van der Waals surface area (Å²) < 4.78 is 5.13. The summed E-state index contributed by atoms with van der Waals surface area (Å²) in [7, 11) is 0. The zero-order valence-electron chi connectivity index (χ0n) is 8.08. The Morgan fingerprint density at radius 2 is 2.31 bits per heavy atom. The Labute approximate surface area is 78.8 Å². The second-order valence-electron chi connectivity index (χ2n) is 2.76. The summed E-state index contributed by atoms with van der Waals surface area (Å²) in [5, 5.41) is 3.02. The van der Waals surface area contributed by atoms with Gasteiger partial charge in [-0.1, -0.05) is 0 Å². The number of rotatable bonds is 8. The van der Waals surface area contributed by atoms with Crippen molar-refractivity contribution < 1.29 is 9.53 Å². The monoisotopic (exact) mass is 189 g/mol. The third kappa shape index (κ3) is 7.70. The summed E-state index contributed by atoms with van der Waals surface area (Å²) in [5.41, 5.74) is 10.4. The first kappa shape index (κ1) is 12.3. The number of ether oxygens (including phenoxy) is 1. The van der Waals surface area contributed by atoms with Crippen molar-refractivity contribution in [2.75, 3.05) is 26.3 Å². The Hall–Kier alpha value is -0.650. The lowest BCUT2D eigenvalue weighted by atomic mass is 10.3. The van der Waals surface area contributed by atoms with Crippen LogP contribution in [0.1, 0.15) is 13.3 Å². The number of nitrogens with one attached hydrogen (secondary N) is 1. The predicted molar refractivity (Wildman–Crippen MR) is 51.1 cm³/mol. The van der Waals surface area contributed by atoms with E-state index in [0.29, 0.717) is 6.54 Å². The van der Waals surface area contributed by atoms with Crippen LogP contribution in [0.15, 0.2) is 0 Å². The maximum absolute atomic E-state index is 10.5. The molecule has 0 saturated heterocycles. The smallest absolute Gasteiger partial charge is 0.235 e. The van der Waals surface area contributed by atoms with E-state index in [4.69, 9.17) is 16.2 Å². The minimum atomic E-state index is -0.591. The van der Waals surface area contributed by atoms with Crippen molar-refractivity contribution in [2.45, 2.75) is 19.4 Å². The van der Waals surface area contributed by atoms with E-state index in [2.05, 4.69) is 5.32 Å². The highest BCUT2D eigenvalue weighted by molar-refractivity contribution is 5.79. The highest BCUT2D eigenvalue weighted by atomic mass is 16.5. The topological polar surface area (TPSA) is 90.4 Å². The number of hydrogen-bond acceptors (Lipinski definition) is 4. The van der Waals surface area contributed by atoms with Crippen molar-refractivity contribution >= 4 is 5.91 Å². The van der Waals surface area contributed by atoms with Gasteiger partial charge in [0.05, 0.1) is 6.04 Å². The molecule has 5 N–H and O–H groups in total. The molecule has 0 aromatic carbocycles. The van der Waals surface area contributed by atoms with Gasteiger partial charge < -0.3 is 21.5 Å². The van der Waals surface area contributed by atoms with E-state index >= 15 is 0 Å². The summed E-state index contributed by atoms with van der Waals surface area (Å²) >= 11 is 0. The first-order valence-corrected chi connectivity index (χ1v) is 4.51. The van der Waals surface area contributed by atoms with Crippen molar-refractivity contribution in [1.29, 1.82) is 0 Å². The fourth-order valence-corrected chi connectivity index (χ4v) is 0.802. The Kier molecular flexibility index (Phi) is 7.57. The van der Waals surface area contributed by atoms with Gasteiger partial charge in [-0.15, -0.1) is 0 Å². The number of nitrogens with two attached hydrogens (primary N) is 2. The summed E-state index contributed by atoms with van der Waals surface area (Å²) in [5.74, 6) is -0.475. The van der Waals surface area contributed by atoms with Gasteiger partial charge in [0.25, 0.3) is 0 Å². The van der Waals surface area contributed by atoms with Crippen LogP contribution in [-0.2, 0) is 9.53 Å². The first-order chi connectivity index (χ1) is 6.18. The second kappa shape index (κ2) is 7.97. The summed E-state index contributed by atoms with van der Waals surface area (Å²) in [6, 6.07) is -0.591. The molecular formula is C8H19N3O2. The molecule has 13 heavy (non-hydrogen) atoms. The van der Waals surface area contributed by atoms with Crippen molar-refractivity contribution in [2.24, 2.45) is 11.5 Å². The largest absolute Gasteiger partial charge is 0.382 e. The van der Waals surface area contributed by atoms with Crippen molar-refractivity contribution in [3.63, 3.8) is 0 Å². The molecule has 5 nitrogen and oxygen atoms in total. The van der Waals surface area contributed by atoms with Crippen molar-refractivity contribution in [1.82, 2.24) is 5.32 Å². The van der Waals surface area contributed by atoms with E-state index < -0.39 is 11.9 Å². The quantitative estimate of drug-likeness (QED) is 0.419. The fraction of sp³-hybridized carbons (Fsp3) is 0.875. The number of carbonyl (C=O) groups is 1. The molecule has 0 spiro atoms. The van der Waals surface area contributed by atoms with Crippen LogP contribution >= 0.6 is 0 Å². The van der Waals surface area contributed by atoms with Gasteiger partial charge in [0, 0.05) is 19.8 Å². The Balaban J connectivity index is 3.11. The highest BCUT2D eigenvalue weighted by Crippen LogP contribution is 1.80. The van der Waals surface area contributed by atoms with Crippen LogP contribution in [0.2, 0.25) is 0 Å². The highest BCUT2D eigenvalue weighted by Gasteiger charge is 2.06. The van der Waals surface area contributed by atoms with Crippen LogP contribution in [-0.4, -0.2) is 38.3 Å². The molecule has 1 atom stereocenters. The molecule has 0 aromatic rings. The number of hydrogen-bond donors (Lipinski definition) is 3. The van der Waals surface area contributed by atoms with Gasteiger partial charge in [0.15, 0.2) is 0 Å². The van der Waals surface area contributed by atoms with E-state index in [1.165, 1.54) is 0 Å². The summed E-state index contributed by atoms with van der Waals surface area (Å²) in [6.45, 7) is 4.65. The molecule has 0 aliphatic rings. The maximum atomic E-state index is 10.5. The molecule has 1 amide bonds. The average molecular weight is 189 g/mol. The van der Waals surface area contributed by atoms with Crippen LogP contribution in [0.3, 0.4) is 0 Å². The SMILES string of the molecule is CCOCCCNCC(N)C(N)=O. The summed E-state index contributed by atoms with van der Waals surface area (Å²) in [6.07, 6.45) is 0.916. The van der Waals surface area contributed by atoms with Gasteiger partial charge in [-0.2, -0.15) is 0 Å². The van der Waals surface area contributed by atoms with Crippen LogP contribution in [0.4, 0.5) is 0 Å². The van der Waals surface area contributed by atoms with E-state index in [9.17, 15) is 4.79 Å². The minimum Gasteiger partial charge on any atom is -0.382 e. The van der Waals surface area contributed by atoms with Gasteiger partial charge >= 0.3 is 0 Å². The molecule has 0 fully saturated rings. The lowest BCUT2D eigenvalue weighted by Gasteiger charge is -2.08. The van der Waals surface area contributed by atoms with Gasteiger partial charge in [0.2, 0.25) is 5.91 Å². The molecule has 0 aromatic heterocycles. The van der Waals surface area contributed by atoms with Crippen molar-refractivity contribution in [3.05, 3.63) is 0 Å². The van der Waals surface area contributed by atoms with Crippen LogP contribution in [0.5, 0.6) is 0 Å². The third-order valence-corrected chi connectivity index (χ3v) is 1.58. The summed E-state index contributed by atoms with van der Waals surface area (Å²) in [4.78, 5) is 10.5. The van der Waals surface area contributed by atoms with Gasteiger partial charge in [-0.3, -0.25) is 4.79 Å². The van der Waals surface area contributed by atoms with E-state index in [-0.39, 0.29) is 0 Å². The zero-order chi connectivity index (χ0) is 10.1. The van der Waals surface area contributed by atoms with Gasteiger partial charge in [0.1, 0.15) is 0 Å². The zero-order valence-corrected chi connectivity index (χ0v) is 8.08. The molecule has 0 radical (unpaired) electrons. The second-order valence-corrected chi connectivity index (χ2v) is 2.76. The molecule has 0 aliphatic heterocycles. The molecular weight excluding hydrogens is 170 g/mol. The van der Waals surface area contributed by atoms with Gasteiger partial charge in [-0.05, 0) is 19.9 Å². The van der Waals surface area contributed by atoms with Crippen LogP contribution in [0.25, 0.3) is 0 Å². The number of amides is 1. The molecule has 1 unspecified atom stereocenters. The van der Waals surface area contributed by atoms with E-state index in [1.807, 2.05) is 6.92 Å². The van der Waals surface area contributed by atoms with Crippen LogP contribution in [0, 0.1) is 0 Å². The Morgan fingerprint density at radius 1 is 1.62 bits per heavy atom. The normalized spacial score (nSPS) is 12.8. The van der Waals surface area contributed by atoms with E-state index in [1.54, 1.807) is 0 Å². The lowest BCUT2D eigenvalue weighted by molar-refractivity contribution is -0.119. The maximum Gasteiger partial charge on any atom is 0.235 e. The third-order valence-electron chi connectivity index (χ3n) is 1.58. The Bertz CT molecular complexity index is 141. The number of primary amides is 1. The lowest BCUT2D eigenvalue weighted by Crippen LogP contribution is -2.44. The fourth-order valence-electron chi connectivity index (χ4n) is 0.802. The molecule has 0 rings (SSSR count). The molecule has 5 heteroatoms. The molecule has 0 heterocycles.